The van der Waals surface area contributed by atoms with Gasteiger partial charge in [0, 0.05) is 11.6 Å². The summed E-state index contributed by atoms with van der Waals surface area (Å²) in [5, 5.41) is 14.5. The van der Waals surface area contributed by atoms with Gasteiger partial charge in [-0.3, -0.25) is 14.9 Å². The number of carbonyl (C=O) groups excluding carboxylic acids is 1. The fraction of sp³-hybridized carbons (Fsp3) is 0. The van der Waals surface area contributed by atoms with Gasteiger partial charge < -0.3 is 4.42 Å². The number of hydrogen-bond acceptors (Lipinski definition) is 5. The molecule has 0 radical (unpaired) electrons. The summed E-state index contributed by atoms with van der Waals surface area (Å²) < 4.78 is 5.46. The maximum absolute atomic E-state index is 11.6. The van der Waals surface area contributed by atoms with Crippen molar-refractivity contribution in [3.05, 3.63) is 61.5 Å². The van der Waals surface area contributed by atoms with E-state index in [1.807, 2.05) is 0 Å². The number of nitro benzene ring substituents is 1. The second-order valence-electron chi connectivity index (χ2n) is 3.77. The molecular formula is C12H7BrClN3O4. The van der Waals surface area contributed by atoms with Gasteiger partial charge >= 0.3 is 5.91 Å². The Kier molecular flexibility index (Phi) is 4.71. The van der Waals surface area contributed by atoms with E-state index in [1.165, 1.54) is 30.5 Å². The van der Waals surface area contributed by atoms with Crippen molar-refractivity contribution in [1.29, 1.82) is 0 Å². The molecule has 2 aromatic rings. The zero-order chi connectivity index (χ0) is 15.4. The molecular weight excluding hydrogens is 366 g/mol. The number of nitro groups is 1. The largest absolute Gasteiger partial charge is 0.444 e. The molecule has 2 rings (SSSR count). The van der Waals surface area contributed by atoms with Crippen LogP contribution < -0.4 is 5.43 Å². The minimum atomic E-state index is -0.599. The first-order chi connectivity index (χ1) is 9.97. The Bertz CT molecular complexity index is 729. The Morgan fingerprint density at radius 3 is 2.81 bits per heavy atom. The highest BCUT2D eigenvalue weighted by Gasteiger charge is 2.12. The maximum Gasteiger partial charge on any atom is 0.307 e. The van der Waals surface area contributed by atoms with Crippen molar-refractivity contribution in [1.82, 2.24) is 5.43 Å². The van der Waals surface area contributed by atoms with E-state index in [0.29, 0.717) is 10.2 Å². The molecule has 0 spiro atoms. The summed E-state index contributed by atoms with van der Waals surface area (Å²) in [5.41, 5.74) is 2.43. The highest BCUT2D eigenvalue weighted by molar-refractivity contribution is 9.10. The topological polar surface area (TPSA) is 97.7 Å². The number of carbonyl (C=O) groups is 1. The van der Waals surface area contributed by atoms with Crippen molar-refractivity contribution in [2.24, 2.45) is 5.10 Å². The number of hydrogen-bond donors (Lipinski definition) is 1. The highest BCUT2D eigenvalue weighted by atomic mass is 79.9. The van der Waals surface area contributed by atoms with Crippen LogP contribution >= 0.6 is 27.5 Å². The van der Waals surface area contributed by atoms with Gasteiger partial charge in [-0.25, -0.2) is 5.43 Å². The number of amides is 1. The summed E-state index contributed by atoms with van der Waals surface area (Å²) in [6, 6.07) is 7.21. The maximum atomic E-state index is 11.6. The Morgan fingerprint density at radius 1 is 1.43 bits per heavy atom. The van der Waals surface area contributed by atoms with Gasteiger partial charge in [0.1, 0.15) is 5.02 Å². The van der Waals surface area contributed by atoms with Crippen LogP contribution in [0.4, 0.5) is 5.69 Å². The number of benzene rings is 1. The lowest BCUT2D eigenvalue weighted by molar-refractivity contribution is -0.384. The van der Waals surface area contributed by atoms with Gasteiger partial charge in [0.25, 0.3) is 5.69 Å². The molecule has 1 aromatic carbocycles. The van der Waals surface area contributed by atoms with E-state index < -0.39 is 10.8 Å². The second-order valence-corrected chi connectivity index (χ2v) is 4.96. The first-order valence-corrected chi connectivity index (χ1v) is 6.67. The van der Waals surface area contributed by atoms with Crippen molar-refractivity contribution < 1.29 is 14.1 Å². The van der Waals surface area contributed by atoms with Crippen LogP contribution in [-0.4, -0.2) is 17.0 Å². The standard InChI is InChI=1S/C12H7BrClN3O4/c13-11-4-3-10(21-11)12(18)16-15-6-7-1-2-8(14)9(5-7)17(19)20/h1-6H,(H,16,18)/b15-6+. The van der Waals surface area contributed by atoms with Crippen LogP contribution in [-0.2, 0) is 0 Å². The van der Waals surface area contributed by atoms with Crippen LogP contribution in [0, 0.1) is 10.1 Å². The summed E-state index contributed by atoms with van der Waals surface area (Å²) in [4.78, 5) is 21.7. The predicted molar refractivity (Wildman–Crippen MR) is 79.6 cm³/mol. The molecule has 0 aliphatic carbocycles. The smallest absolute Gasteiger partial charge is 0.307 e. The van der Waals surface area contributed by atoms with E-state index in [2.05, 4.69) is 26.5 Å². The number of halogens is 2. The van der Waals surface area contributed by atoms with Crippen LogP contribution in [0.3, 0.4) is 0 Å². The van der Waals surface area contributed by atoms with Gasteiger partial charge in [0.2, 0.25) is 0 Å². The van der Waals surface area contributed by atoms with Gasteiger partial charge in [0.05, 0.1) is 11.1 Å². The molecule has 0 fully saturated rings. The fourth-order valence-electron chi connectivity index (χ4n) is 1.41. The van der Waals surface area contributed by atoms with Gasteiger partial charge in [-0.1, -0.05) is 17.7 Å². The van der Waals surface area contributed by atoms with Crippen LogP contribution in [0.15, 0.2) is 44.5 Å². The van der Waals surface area contributed by atoms with Crippen molar-refractivity contribution in [3.63, 3.8) is 0 Å². The van der Waals surface area contributed by atoms with Crippen LogP contribution in [0.25, 0.3) is 0 Å². The molecule has 0 saturated heterocycles. The van der Waals surface area contributed by atoms with Crippen LogP contribution in [0.1, 0.15) is 16.1 Å². The number of furan rings is 1. The van der Waals surface area contributed by atoms with Crippen molar-refractivity contribution >= 4 is 45.3 Å². The Hall–Kier alpha value is -2.19. The predicted octanol–water partition coefficient (Wildman–Crippen LogP) is 3.37. The molecule has 1 heterocycles. The summed E-state index contributed by atoms with van der Waals surface area (Å²) in [5.74, 6) is -0.457. The monoisotopic (exact) mass is 371 g/mol. The molecule has 1 aromatic heterocycles. The molecule has 0 aliphatic heterocycles. The number of hydrazone groups is 1. The molecule has 0 unspecified atom stereocenters. The Labute approximate surface area is 131 Å². The normalized spacial score (nSPS) is 10.8. The summed E-state index contributed by atoms with van der Waals surface area (Å²) in [6.07, 6.45) is 1.26. The summed E-state index contributed by atoms with van der Waals surface area (Å²) in [7, 11) is 0. The zero-order valence-corrected chi connectivity index (χ0v) is 12.6. The van der Waals surface area contributed by atoms with Gasteiger partial charge in [-0.05, 0) is 34.1 Å². The first-order valence-electron chi connectivity index (χ1n) is 5.50. The Morgan fingerprint density at radius 2 is 2.19 bits per heavy atom. The summed E-state index contributed by atoms with van der Waals surface area (Å²) in [6.45, 7) is 0. The molecule has 21 heavy (non-hydrogen) atoms. The van der Waals surface area contributed by atoms with Gasteiger partial charge in [0.15, 0.2) is 10.4 Å². The quantitative estimate of drug-likeness (QED) is 0.505. The van der Waals surface area contributed by atoms with E-state index in [-0.39, 0.29) is 16.5 Å². The SMILES string of the molecule is O=C(N/N=C/c1ccc(Cl)c([N+](=O)[O-])c1)c1ccc(Br)o1. The molecule has 9 heteroatoms. The van der Waals surface area contributed by atoms with Crippen molar-refractivity contribution in [3.8, 4) is 0 Å². The molecule has 0 aliphatic rings. The third-order valence-electron chi connectivity index (χ3n) is 2.34. The van der Waals surface area contributed by atoms with Crippen LogP contribution in [0.5, 0.6) is 0 Å². The first kappa shape index (κ1) is 15.2. The lowest BCUT2D eigenvalue weighted by Crippen LogP contribution is -2.16. The van der Waals surface area contributed by atoms with Crippen LogP contribution in [0.2, 0.25) is 5.02 Å². The third-order valence-corrected chi connectivity index (χ3v) is 3.09. The van der Waals surface area contributed by atoms with Gasteiger partial charge in [-0.15, -0.1) is 0 Å². The number of nitrogens with one attached hydrogen (secondary N) is 1. The molecule has 108 valence electrons. The minimum absolute atomic E-state index is 0.0293. The van der Waals surface area contributed by atoms with E-state index in [4.69, 9.17) is 16.0 Å². The third kappa shape index (κ3) is 3.89. The molecule has 1 N–H and O–H groups in total. The molecule has 7 nitrogen and oxygen atoms in total. The van der Waals surface area contributed by atoms with E-state index in [0.717, 1.165) is 0 Å². The molecule has 1 amide bonds. The highest BCUT2D eigenvalue weighted by Crippen LogP contribution is 2.24. The molecule has 0 atom stereocenters. The lowest BCUT2D eigenvalue weighted by Gasteiger charge is -1.98. The van der Waals surface area contributed by atoms with E-state index in [9.17, 15) is 14.9 Å². The number of rotatable bonds is 4. The minimum Gasteiger partial charge on any atom is -0.444 e. The molecule has 0 bridgehead atoms. The number of nitrogens with zero attached hydrogens (tertiary/aromatic N) is 2. The molecule has 0 saturated carbocycles. The van der Waals surface area contributed by atoms with Crippen molar-refractivity contribution in [2.75, 3.05) is 0 Å². The lowest BCUT2D eigenvalue weighted by atomic mass is 10.2. The van der Waals surface area contributed by atoms with Crippen molar-refractivity contribution in [2.45, 2.75) is 0 Å². The average molecular weight is 373 g/mol. The summed E-state index contributed by atoms with van der Waals surface area (Å²) >= 11 is 8.76. The second kappa shape index (κ2) is 6.51. The van der Waals surface area contributed by atoms with E-state index in [1.54, 1.807) is 6.07 Å². The van der Waals surface area contributed by atoms with E-state index >= 15 is 0 Å². The van der Waals surface area contributed by atoms with Gasteiger partial charge in [-0.2, -0.15) is 5.10 Å². The average Bonchev–Trinajstić information content (AvgIpc) is 2.87. The zero-order valence-electron chi connectivity index (χ0n) is 10.2. The fourth-order valence-corrected chi connectivity index (χ4v) is 1.90. The Balaban J connectivity index is 2.06.